The van der Waals surface area contributed by atoms with Gasteiger partial charge in [0.25, 0.3) is 5.91 Å². The maximum atomic E-state index is 13.1. The van der Waals surface area contributed by atoms with Gasteiger partial charge in [0.1, 0.15) is 15.6 Å². The molecule has 0 bridgehead atoms. The number of carbonyl (C=O) groups is 1. The second-order valence-electron chi connectivity index (χ2n) is 6.18. The Kier molecular flexibility index (Phi) is 4.38. The molecule has 0 radical (unpaired) electrons. The van der Waals surface area contributed by atoms with Gasteiger partial charge in [-0.3, -0.25) is 14.8 Å². The summed E-state index contributed by atoms with van der Waals surface area (Å²) in [6, 6.07) is 14.9. The second kappa shape index (κ2) is 7.33. The van der Waals surface area contributed by atoms with Gasteiger partial charge < -0.3 is 14.8 Å². The summed E-state index contributed by atoms with van der Waals surface area (Å²) in [4.78, 5) is 26.7. The molecular weight excluding hydrogens is 388 g/mol. The number of nitrogens with one attached hydrogen (secondary N) is 1. The molecule has 142 valence electrons. The monoisotopic (exact) mass is 402 g/mol. The Hall–Kier alpha value is -3.78. The predicted octanol–water partition coefficient (Wildman–Crippen LogP) is 4.25. The van der Waals surface area contributed by atoms with Crippen molar-refractivity contribution < 1.29 is 14.3 Å². The summed E-state index contributed by atoms with van der Waals surface area (Å²) in [6.07, 6.45) is 4.83. The van der Waals surface area contributed by atoms with Crippen molar-refractivity contribution in [2.45, 2.75) is 0 Å². The molecule has 8 heteroatoms. The molecule has 0 fully saturated rings. The number of thiazole rings is 1. The number of fused-ring (bicyclic) bond motifs is 1. The highest BCUT2D eigenvalue weighted by Gasteiger charge is 2.22. The molecule has 2 aromatic heterocycles. The lowest BCUT2D eigenvalue weighted by atomic mass is 10.1. The molecule has 4 aromatic rings. The molecule has 29 heavy (non-hydrogen) atoms. The minimum Gasteiger partial charge on any atom is -0.454 e. The van der Waals surface area contributed by atoms with E-state index in [0.29, 0.717) is 38.5 Å². The van der Waals surface area contributed by atoms with Crippen molar-refractivity contribution in [3.05, 3.63) is 72.0 Å². The normalized spacial score (nSPS) is 12.0. The van der Waals surface area contributed by atoms with Crippen molar-refractivity contribution in [2.24, 2.45) is 0 Å². The highest BCUT2D eigenvalue weighted by molar-refractivity contribution is 7.17. The third-order valence-electron chi connectivity index (χ3n) is 4.29. The van der Waals surface area contributed by atoms with Crippen molar-refractivity contribution >= 4 is 22.9 Å². The number of benzene rings is 2. The fourth-order valence-corrected chi connectivity index (χ4v) is 3.89. The number of nitrogens with zero attached hydrogens (tertiary/aromatic N) is 3. The average Bonchev–Trinajstić information content (AvgIpc) is 3.42. The highest BCUT2D eigenvalue weighted by atomic mass is 32.1. The van der Waals surface area contributed by atoms with Crippen LogP contribution in [0.25, 0.3) is 22.0 Å². The highest BCUT2D eigenvalue weighted by Crippen LogP contribution is 2.36. The van der Waals surface area contributed by atoms with Crippen molar-refractivity contribution in [1.29, 1.82) is 0 Å². The summed E-state index contributed by atoms with van der Waals surface area (Å²) in [7, 11) is 0. The van der Waals surface area contributed by atoms with Gasteiger partial charge in [-0.05, 0) is 12.1 Å². The van der Waals surface area contributed by atoms with Crippen LogP contribution >= 0.6 is 11.3 Å². The van der Waals surface area contributed by atoms with E-state index in [1.54, 1.807) is 36.8 Å². The molecule has 5 rings (SSSR count). The van der Waals surface area contributed by atoms with E-state index in [4.69, 9.17) is 9.47 Å². The minimum atomic E-state index is -0.254. The fourth-order valence-electron chi connectivity index (χ4n) is 2.95. The average molecular weight is 402 g/mol. The number of rotatable bonds is 4. The first kappa shape index (κ1) is 17.3. The van der Waals surface area contributed by atoms with Gasteiger partial charge in [-0.2, -0.15) is 0 Å². The zero-order valence-corrected chi connectivity index (χ0v) is 15.8. The second-order valence-corrected chi connectivity index (χ2v) is 7.17. The van der Waals surface area contributed by atoms with E-state index in [9.17, 15) is 4.79 Å². The van der Waals surface area contributed by atoms with Crippen LogP contribution < -0.4 is 14.8 Å². The number of carbonyl (C=O) groups excluding carboxylic acids is 1. The van der Waals surface area contributed by atoms with Crippen molar-refractivity contribution in [1.82, 2.24) is 15.0 Å². The molecule has 1 aliphatic rings. The maximum absolute atomic E-state index is 13.1. The van der Waals surface area contributed by atoms with Crippen LogP contribution in [0.5, 0.6) is 11.5 Å². The Morgan fingerprint density at radius 1 is 1.03 bits per heavy atom. The van der Waals surface area contributed by atoms with E-state index in [1.807, 2.05) is 30.3 Å². The molecule has 1 N–H and O–H groups in total. The lowest BCUT2D eigenvalue weighted by Gasteiger charge is -2.06. The molecule has 1 aliphatic heterocycles. The van der Waals surface area contributed by atoms with E-state index in [1.165, 1.54) is 11.3 Å². The van der Waals surface area contributed by atoms with E-state index < -0.39 is 0 Å². The fraction of sp³-hybridized carbons (Fsp3) is 0.0476. The van der Waals surface area contributed by atoms with Crippen molar-refractivity contribution in [3.63, 3.8) is 0 Å². The first-order valence-electron chi connectivity index (χ1n) is 8.81. The molecule has 3 heterocycles. The summed E-state index contributed by atoms with van der Waals surface area (Å²) in [5, 5.41) is 3.55. The van der Waals surface area contributed by atoms with E-state index >= 15 is 0 Å². The number of aromatic nitrogens is 3. The van der Waals surface area contributed by atoms with Gasteiger partial charge >= 0.3 is 0 Å². The Morgan fingerprint density at radius 3 is 2.72 bits per heavy atom. The lowest BCUT2D eigenvalue weighted by molar-refractivity contribution is 0.103. The molecule has 0 saturated carbocycles. The third-order valence-corrected chi connectivity index (χ3v) is 5.37. The van der Waals surface area contributed by atoms with Crippen molar-refractivity contribution in [2.75, 3.05) is 12.1 Å². The largest absolute Gasteiger partial charge is 0.454 e. The van der Waals surface area contributed by atoms with Gasteiger partial charge in [-0.1, -0.05) is 30.3 Å². The smallest absolute Gasteiger partial charge is 0.268 e. The summed E-state index contributed by atoms with van der Waals surface area (Å²) in [5.74, 6) is 1.02. The van der Waals surface area contributed by atoms with Gasteiger partial charge in [-0.25, -0.2) is 4.98 Å². The quantitative estimate of drug-likeness (QED) is 0.549. The molecule has 0 atom stereocenters. The molecule has 1 amide bonds. The Morgan fingerprint density at radius 2 is 1.90 bits per heavy atom. The van der Waals surface area contributed by atoms with Gasteiger partial charge in [0.2, 0.25) is 6.79 Å². The van der Waals surface area contributed by atoms with Gasteiger partial charge in [0.05, 0.1) is 11.9 Å². The number of hydrogen-bond donors (Lipinski definition) is 1. The van der Waals surface area contributed by atoms with Gasteiger partial charge in [-0.15, -0.1) is 11.3 Å². The van der Waals surface area contributed by atoms with Crippen LogP contribution in [-0.4, -0.2) is 27.7 Å². The van der Waals surface area contributed by atoms with Crippen LogP contribution in [0.3, 0.4) is 0 Å². The number of ether oxygens (including phenoxy) is 2. The van der Waals surface area contributed by atoms with E-state index in [0.717, 1.165) is 5.56 Å². The first-order chi connectivity index (χ1) is 14.3. The first-order valence-corrected chi connectivity index (χ1v) is 9.63. The number of anilines is 1. The molecule has 7 nitrogen and oxygen atoms in total. The van der Waals surface area contributed by atoms with Crippen LogP contribution in [0.4, 0.5) is 5.69 Å². The molecule has 0 saturated heterocycles. The van der Waals surface area contributed by atoms with Crippen LogP contribution in [0.1, 0.15) is 9.67 Å². The third kappa shape index (κ3) is 3.41. The summed E-state index contributed by atoms with van der Waals surface area (Å²) >= 11 is 1.28. The topological polar surface area (TPSA) is 86.2 Å². The molecular formula is C21H14N4O3S. The zero-order valence-electron chi connectivity index (χ0n) is 15.0. The molecule has 2 aromatic carbocycles. The minimum absolute atomic E-state index is 0.182. The van der Waals surface area contributed by atoms with Crippen LogP contribution in [0.2, 0.25) is 0 Å². The lowest BCUT2D eigenvalue weighted by Crippen LogP contribution is -2.11. The van der Waals surface area contributed by atoms with E-state index in [-0.39, 0.29) is 12.7 Å². The standard InChI is InChI=1S/C21H14N4O3S/c26-20(24-14-6-7-16-17(10-14)28-12-27-16)19-18(13-4-2-1-3-5-13)25-21(29-19)15-11-22-8-9-23-15/h1-11H,12H2,(H,24,26). The number of hydrogen-bond acceptors (Lipinski definition) is 7. The summed E-state index contributed by atoms with van der Waals surface area (Å²) in [6.45, 7) is 0.182. The predicted molar refractivity (Wildman–Crippen MR) is 109 cm³/mol. The van der Waals surface area contributed by atoms with Gasteiger partial charge in [0, 0.05) is 29.7 Å². The summed E-state index contributed by atoms with van der Waals surface area (Å²) in [5.41, 5.74) is 2.70. The van der Waals surface area contributed by atoms with Crippen LogP contribution in [0, 0.1) is 0 Å². The van der Waals surface area contributed by atoms with Crippen LogP contribution in [0.15, 0.2) is 67.1 Å². The van der Waals surface area contributed by atoms with Gasteiger partial charge in [0.15, 0.2) is 11.5 Å². The Bertz CT molecular complexity index is 1180. The Balaban J connectivity index is 1.52. The maximum Gasteiger partial charge on any atom is 0.268 e. The molecule has 0 spiro atoms. The zero-order chi connectivity index (χ0) is 19.6. The van der Waals surface area contributed by atoms with Crippen molar-refractivity contribution in [3.8, 4) is 33.5 Å². The van der Waals surface area contributed by atoms with E-state index in [2.05, 4.69) is 20.3 Å². The SMILES string of the molecule is O=C(Nc1ccc2c(c1)OCO2)c1sc(-c2cnccn2)nc1-c1ccccc1. The molecule has 0 aliphatic carbocycles. The summed E-state index contributed by atoms with van der Waals surface area (Å²) < 4.78 is 10.7. The number of amides is 1. The molecule has 0 unspecified atom stereocenters. The Labute approximate surface area is 170 Å². The van der Waals surface area contributed by atoms with Crippen LogP contribution in [-0.2, 0) is 0 Å².